The third-order valence-corrected chi connectivity index (χ3v) is 4.10. The summed E-state index contributed by atoms with van der Waals surface area (Å²) < 4.78 is 55.4. The fraction of sp³-hybridized carbons (Fsp3) is 0.667. The van der Waals surface area contributed by atoms with E-state index in [1.165, 1.54) is 6.07 Å². The first-order valence-corrected chi connectivity index (χ1v) is 7.74. The number of halogens is 3. The Hall–Kier alpha value is -1.74. The van der Waals surface area contributed by atoms with Crippen molar-refractivity contribution in [3.05, 3.63) is 17.6 Å². The van der Waals surface area contributed by atoms with Crippen molar-refractivity contribution in [1.29, 1.82) is 0 Å². The lowest BCUT2D eigenvalue weighted by molar-refractivity contribution is -0.186. The molecular weight excluding hydrogens is 329 g/mol. The molecule has 1 aliphatic carbocycles. The molecule has 2 aliphatic rings. The van der Waals surface area contributed by atoms with Crippen LogP contribution in [0.5, 0.6) is 5.88 Å². The van der Waals surface area contributed by atoms with Gasteiger partial charge in [0.15, 0.2) is 5.79 Å². The van der Waals surface area contributed by atoms with Crippen LogP contribution >= 0.6 is 0 Å². The van der Waals surface area contributed by atoms with Gasteiger partial charge < -0.3 is 19.0 Å². The van der Waals surface area contributed by atoms with Gasteiger partial charge >= 0.3 is 6.18 Å². The van der Waals surface area contributed by atoms with Crippen LogP contribution in [0.25, 0.3) is 0 Å². The van der Waals surface area contributed by atoms with Crippen molar-refractivity contribution in [2.24, 2.45) is 0 Å². The fourth-order valence-electron chi connectivity index (χ4n) is 2.96. The zero-order chi connectivity index (χ0) is 17.2. The van der Waals surface area contributed by atoms with Crippen molar-refractivity contribution in [3.63, 3.8) is 0 Å². The van der Waals surface area contributed by atoms with Crippen LogP contribution in [0.2, 0.25) is 0 Å². The second-order valence-corrected chi connectivity index (χ2v) is 5.81. The van der Waals surface area contributed by atoms with E-state index in [-0.39, 0.29) is 24.1 Å². The van der Waals surface area contributed by atoms with Crippen molar-refractivity contribution < 1.29 is 32.2 Å². The normalized spacial score (nSPS) is 21.1. The van der Waals surface area contributed by atoms with Gasteiger partial charge in [-0.05, 0) is 12.8 Å². The molecule has 1 saturated heterocycles. The van der Waals surface area contributed by atoms with Gasteiger partial charge in [-0.25, -0.2) is 4.98 Å². The molecule has 9 heteroatoms. The Bertz CT molecular complexity index is 593. The zero-order valence-electron chi connectivity index (χ0n) is 12.8. The molecule has 1 saturated carbocycles. The average molecular weight is 346 g/mol. The predicted molar refractivity (Wildman–Crippen MR) is 74.3 cm³/mol. The van der Waals surface area contributed by atoms with Gasteiger partial charge in [-0.1, -0.05) is 0 Å². The average Bonchev–Trinajstić information content (AvgIpc) is 2.98. The van der Waals surface area contributed by atoms with Gasteiger partial charge in [0.25, 0.3) is 0 Å². The molecule has 24 heavy (non-hydrogen) atoms. The summed E-state index contributed by atoms with van der Waals surface area (Å²) in [5, 5.41) is 0. The second-order valence-electron chi connectivity index (χ2n) is 5.81. The maximum atomic E-state index is 12.9. The van der Waals surface area contributed by atoms with Crippen LogP contribution in [0, 0.1) is 0 Å². The van der Waals surface area contributed by atoms with Crippen LogP contribution in [-0.2, 0) is 26.9 Å². The zero-order valence-corrected chi connectivity index (χ0v) is 12.8. The maximum Gasteiger partial charge on any atom is 0.451 e. The van der Waals surface area contributed by atoms with Crippen molar-refractivity contribution in [2.45, 2.75) is 50.2 Å². The molecule has 1 aromatic rings. The standard InChI is InChI=1S/C15H17F3N2O4/c16-15(17,18)13-19-10(3-6-21)9-12(20-13)24-11-1-4-14(5-2-11)22-7-8-23-14/h6,9,11H,1-5,7-8H2. The van der Waals surface area contributed by atoms with Crippen molar-refractivity contribution in [2.75, 3.05) is 13.2 Å². The highest BCUT2D eigenvalue weighted by molar-refractivity contribution is 5.53. The molecule has 0 N–H and O–H groups in total. The van der Waals surface area contributed by atoms with E-state index >= 15 is 0 Å². The quantitative estimate of drug-likeness (QED) is 0.779. The van der Waals surface area contributed by atoms with E-state index in [4.69, 9.17) is 14.2 Å². The number of rotatable bonds is 4. The first-order chi connectivity index (χ1) is 11.4. The van der Waals surface area contributed by atoms with Crippen LogP contribution in [0.1, 0.15) is 37.2 Å². The lowest BCUT2D eigenvalue weighted by atomic mass is 9.92. The molecule has 0 amide bonds. The van der Waals surface area contributed by atoms with E-state index in [9.17, 15) is 18.0 Å². The van der Waals surface area contributed by atoms with Gasteiger partial charge in [0.1, 0.15) is 12.4 Å². The predicted octanol–water partition coefficient (Wildman–Crippen LogP) is 2.30. The Morgan fingerprint density at radius 3 is 2.50 bits per heavy atom. The highest BCUT2D eigenvalue weighted by Crippen LogP contribution is 2.37. The van der Waals surface area contributed by atoms with Crippen LogP contribution in [0.4, 0.5) is 13.2 Å². The smallest absolute Gasteiger partial charge is 0.451 e. The Balaban J connectivity index is 1.70. The number of aromatic nitrogens is 2. The Kier molecular flexibility index (Phi) is 4.73. The van der Waals surface area contributed by atoms with Crippen molar-refractivity contribution >= 4 is 6.29 Å². The van der Waals surface area contributed by atoms with E-state index < -0.39 is 17.8 Å². The van der Waals surface area contributed by atoms with E-state index in [1.54, 1.807) is 0 Å². The molecule has 6 nitrogen and oxygen atoms in total. The molecule has 1 aliphatic heterocycles. The fourth-order valence-corrected chi connectivity index (χ4v) is 2.96. The molecule has 3 rings (SSSR count). The number of hydrogen-bond donors (Lipinski definition) is 0. The number of alkyl halides is 3. The van der Waals surface area contributed by atoms with Gasteiger partial charge in [0, 0.05) is 25.3 Å². The molecule has 0 bridgehead atoms. The van der Waals surface area contributed by atoms with Crippen LogP contribution in [0.3, 0.4) is 0 Å². The molecule has 0 unspecified atom stereocenters. The van der Waals surface area contributed by atoms with Gasteiger partial charge in [-0.15, -0.1) is 0 Å². The Labute approximate surface area is 136 Å². The third-order valence-electron chi connectivity index (χ3n) is 4.10. The summed E-state index contributed by atoms with van der Waals surface area (Å²) >= 11 is 0. The second kappa shape index (κ2) is 6.64. The van der Waals surface area contributed by atoms with Gasteiger partial charge in [-0.3, -0.25) is 0 Å². The van der Waals surface area contributed by atoms with Crippen molar-refractivity contribution in [1.82, 2.24) is 9.97 Å². The first kappa shape index (κ1) is 17.1. The summed E-state index contributed by atoms with van der Waals surface area (Å²) in [6.45, 7) is 1.11. The lowest BCUT2D eigenvalue weighted by Gasteiger charge is -2.35. The molecule has 132 valence electrons. The molecule has 2 fully saturated rings. The number of nitrogens with zero attached hydrogens (tertiary/aromatic N) is 2. The summed E-state index contributed by atoms with van der Waals surface area (Å²) in [5.41, 5.74) is -0.0166. The minimum Gasteiger partial charge on any atom is -0.474 e. The summed E-state index contributed by atoms with van der Waals surface area (Å²) in [6.07, 6.45) is -2.28. The molecule has 2 heterocycles. The summed E-state index contributed by atoms with van der Waals surface area (Å²) in [6, 6.07) is 1.27. The topological polar surface area (TPSA) is 70.5 Å². The van der Waals surface area contributed by atoms with Crippen LogP contribution in [0.15, 0.2) is 6.07 Å². The molecule has 0 radical (unpaired) electrons. The lowest BCUT2D eigenvalue weighted by Crippen LogP contribution is -2.38. The van der Waals surface area contributed by atoms with Crippen LogP contribution < -0.4 is 4.74 Å². The summed E-state index contributed by atoms with van der Waals surface area (Å²) in [7, 11) is 0. The van der Waals surface area contributed by atoms with E-state index in [0.29, 0.717) is 45.2 Å². The Morgan fingerprint density at radius 2 is 1.92 bits per heavy atom. The third kappa shape index (κ3) is 3.84. The number of ether oxygens (including phenoxy) is 3. The number of carbonyl (C=O) groups is 1. The van der Waals surface area contributed by atoms with Gasteiger partial charge in [-0.2, -0.15) is 18.2 Å². The molecular formula is C15H17F3N2O4. The van der Waals surface area contributed by atoms with Gasteiger partial charge in [0.2, 0.25) is 11.7 Å². The Morgan fingerprint density at radius 1 is 1.25 bits per heavy atom. The largest absolute Gasteiger partial charge is 0.474 e. The molecule has 0 aromatic carbocycles. The van der Waals surface area contributed by atoms with Crippen LogP contribution in [-0.4, -0.2) is 41.4 Å². The van der Waals surface area contributed by atoms with E-state index in [2.05, 4.69) is 9.97 Å². The maximum absolute atomic E-state index is 12.9. The number of carbonyl (C=O) groups excluding carboxylic acids is 1. The van der Waals surface area contributed by atoms with Gasteiger partial charge in [0.05, 0.1) is 18.9 Å². The summed E-state index contributed by atoms with van der Waals surface area (Å²) in [4.78, 5) is 17.4. The number of hydrogen-bond acceptors (Lipinski definition) is 6. The number of aldehydes is 1. The SMILES string of the molecule is O=CCc1cc(OC2CCC3(CC2)OCCO3)nc(C(F)(F)F)n1. The first-order valence-electron chi connectivity index (χ1n) is 7.74. The van der Waals surface area contributed by atoms with Crippen molar-refractivity contribution in [3.8, 4) is 5.88 Å². The minimum atomic E-state index is -4.70. The molecule has 1 spiro atoms. The summed E-state index contributed by atoms with van der Waals surface area (Å²) in [5.74, 6) is -2.03. The van der Waals surface area contributed by atoms with E-state index in [0.717, 1.165) is 0 Å². The molecule has 1 aromatic heterocycles. The highest BCUT2D eigenvalue weighted by atomic mass is 19.4. The van der Waals surface area contributed by atoms with E-state index in [1.807, 2.05) is 0 Å². The minimum absolute atomic E-state index is 0.0166. The molecule has 0 atom stereocenters. The monoisotopic (exact) mass is 346 g/mol. The highest BCUT2D eigenvalue weighted by Gasteiger charge is 2.41.